The molecule has 2 N–H and O–H groups in total. The predicted molar refractivity (Wildman–Crippen MR) is 125 cm³/mol. The third-order valence-electron chi connectivity index (χ3n) is 5.07. The molecule has 31 heavy (non-hydrogen) atoms. The zero-order valence-corrected chi connectivity index (χ0v) is 18.3. The molecule has 0 amide bonds. The number of benzene rings is 3. The maximum atomic E-state index is 5.93. The Bertz CT molecular complexity index is 1090. The number of fused-ring (bicyclic) bond motifs is 1. The number of nitrogens with zero attached hydrogens (tertiary/aromatic N) is 1. The molecule has 0 aliphatic rings. The van der Waals surface area contributed by atoms with E-state index in [-0.39, 0.29) is 0 Å². The molecule has 4 rings (SSSR count). The quantitative estimate of drug-likeness (QED) is 0.322. The predicted octanol–water partition coefficient (Wildman–Crippen LogP) is 5.53. The number of hydrogen-bond donors (Lipinski definition) is 2. The summed E-state index contributed by atoms with van der Waals surface area (Å²) in [5.41, 5.74) is 4.33. The van der Waals surface area contributed by atoms with Gasteiger partial charge in [-0.3, -0.25) is 0 Å². The number of H-pyrrole nitrogens is 1. The minimum absolute atomic E-state index is 0.465. The molecule has 0 saturated heterocycles. The molecule has 160 valence electrons. The van der Waals surface area contributed by atoms with Gasteiger partial charge in [0.25, 0.3) is 0 Å². The van der Waals surface area contributed by atoms with Crippen LogP contribution in [0, 0.1) is 0 Å². The first kappa shape index (κ1) is 21.2. The fourth-order valence-electron chi connectivity index (χ4n) is 3.42. The molecule has 1 aromatic heterocycles. The number of methoxy groups -OCH3 is 1. The Morgan fingerprint density at radius 3 is 2.58 bits per heavy atom. The second-order valence-corrected chi connectivity index (χ2v) is 7.82. The summed E-state index contributed by atoms with van der Waals surface area (Å²) in [5, 5.41) is 4.21. The van der Waals surface area contributed by atoms with Crippen LogP contribution in [0.2, 0.25) is 5.02 Å². The van der Waals surface area contributed by atoms with Crippen LogP contribution in [-0.4, -0.2) is 23.6 Å². The zero-order valence-electron chi connectivity index (χ0n) is 17.5. The average molecular weight is 436 g/mol. The van der Waals surface area contributed by atoms with Gasteiger partial charge in [-0.15, -0.1) is 0 Å². The molecule has 5 nitrogen and oxygen atoms in total. The van der Waals surface area contributed by atoms with Crippen molar-refractivity contribution >= 4 is 22.6 Å². The highest BCUT2D eigenvalue weighted by Gasteiger charge is 2.07. The number of halogens is 1. The standard InChI is InChI=1S/C25H26ClN3O2/c1-30-24-15-19(10-13-23(24)31-17-18-8-11-20(26)12-9-18)16-27-14-4-7-25-28-21-5-2-3-6-22(21)29-25/h2-3,5-6,8-13,15,27H,4,7,14,16-17H2,1H3,(H,28,29). The molecule has 0 atom stereocenters. The summed E-state index contributed by atoms with van der Waals surface area (Å²) in [7, 11) is 1.66. The van der Waals surface area contributed by atoms with Crippen LogP contribution >= 0.6 is 11.6 Å². The van der Waals surface area contributed by atoms with Gasteiger partial charge in [-0.1, -0.05) is 41.9 Å². The molecule has 4 aromatic rings. The van der Waals surface area contributed by atoms with Crippen molar-refractivity contribution in [2.45, 2.75) is 26.0 Å². The Morgan fingerprint density at radius 2 is 1.77 bits per heavy atom. The van der Waals surface area contributed by atoms with E-state index in [1.807, 2.05) is 54.6 Å². The molecule has 0 aliphatic heterocycles. The number of aromatic nitrogens is 2. The molecule has 3 aromatic carbocycles. The van der Waals surface area contributed by atoms with E-state index in [9.17, 15) is 0 Å². The van der Waals surface area contributed by atoms with Crippen molar-refractivity contribution in [1.82, 2.24) is 15.3 Å². The summed E-state index contributed by atoms with van der Waals surface area (Å²) in [5.74, 6) is 2.49. The lowest BCUT2D eigenvalue weighted by molar-refractivity contribution is 0.284. The van der Waals surface area contributed by atoms with E-state index >= 15 is 0 Å². The van der Waals surface area contributed by atoms with Crippen LogP contribution in [0.5, 0.6) is 11.5 Å². The fraction of sp³-hybridized carbons (Fsp3) is 0.240. The number of nitrogens with one attached hydrogen (secondary N) is 2. The van der Waals surface area contributed by atoms with Gasteiger partial charge < -0.3 is 19.8 Å². The molecule has 0 bridgehead atoms. The van der Waals surface area contributed by atoms with E-state index in [4.69, 9.17) is 21.1 Å². The molecule has 0 aliphatic carbocycles. The van der Waals surface area contributed by atoms with Crippen LogP contribution in [0.15, 0.2) is 66.7 Å². The van der Waals surface area contributed by atoms with Crippen LogP contribution in [0.4, 0.5) is 0 Å². The molecule has 0 radical (unpaired) electrons. The van der Waals surface area contributed by atoms with E-state index < -0.39 is 0 Å². The Hall–Kier alpha value is -3.02. The zero-order chi connectivity index (χ0) is 21.5. The van der Waals surface area contributed by atoms with Gasteiger partial charge in [0, 0.05) is 18.0 Å². The SMILES string of the molecule is COc1cc(CNCCCc2nc3ccccc3[nH]2)ccc1OCc1ccc(Cl)cc1. The lowest BCUT2D eigenvalue weighted by atomic mass is 10.2. The highest BCUT2D eigenvalue weighted by atomic mass is 35.5. The summed E-state index contributed by atoms with van der Waals surface area (Å²) >= 11 is 5.93. The Morgan fingerprint density at radius 1 is 0.968 bits per heavy atom. The Balaban J connectivity index is 1.24. The van der Waals surface area contributed by atoms with Gasteiger partial charge in [-0.2, -0.15) is 0 Å². The maximum absolute atomic E-state index is 5.93. The summed E-state index contributed by atoms with van der Waals surface area (Å²) in [6.45, 7) is 2.15. The van der Waals surface area contributed by atoms with Crippen LogP contribution in [0.1, 0.15) is 23.4 Å². The van der Waals surface area contributed by atoms with Crippen molar-refractivity contribution in [2.75, 3.05) is 13.7 Å². The van der Waals surface area contributed by atoms with E-state index in [1.165, 1.54) is 0 Å². The summed E-state index contributed by atoms with van der Waals surface area (Å²) in [6.07, 6.45) is 1.93. The van der Waals surface area contributed by atoms with Gasteiger partial charge in [0.15, 0.2) is 11.5 Å². The van der Waals surface area contributed by atoms with Crippen LogP contribution < -0.4 is 14.8 Å². The van der Waals surface area contributed by atoms with Gasteiger partial charge in [0.05, 0.1) is 18.1 Å². The number of aromatic amines is 1. The van der Waals surface area contributed by atoms with E-state index in [0.717, 1.165) is 70.4 Å². The average Bonchev–Trinajstić information content (AvgIpc) is 3.21. The molecule has 6 heteroatoms. The van der Waals surface area contributed by atoms with Crippen molar-refractivity contribution in [2.24, 2.45) is 0 Å². The highest BCUT2D eigenvalue weighted by Crippen LogP contribution is 2.29. The lowest BCUT2D eigenvalue weighted by Crippen LogP contribution is -2.15. The third-order valence-corrected chi connectivity index (χ3v) is 5.32. The maximum Gasteiger partial charge on any atom is 0.161 e. The van der Waals surface area contributed by atoms with Crippen molar-refractivity contribution in [3.05, 3.63) is 88.7 Å². The molecular weight excluding hydrogens is 410 g/mol. The first-order valence-corrected chi connectivity index (χ1v) is 10.8. The van der Waals surface area contributed by atoms with Gasteiger partial charge in [-0.25, -0.2) is 4.98 Å². The number of aryl methyl sites for hydroxylation is 1. The summed E-state index contributed by atoms with van der Waals surface area (Å²) in [6, 6.07) is 21.8. The Kier molecular flexibility index (Phi) is 7.07. The molecule has 0 saturated carbocycles. The number of rotatable bonds is 10. The van der Waals surface area contributed by atoms with Gasteiger partial charge in [-0.05, 0) is 60.5 Å². The molecular formula is C25H26ClN3O2. The van der Waals surface area contributed by atoms with E-state index in [1.54, 1.807) is 7.11 Å². The summed E-state index contributed by atoms with van der Waals surface area (Å²) < 4.78 is 11.4. The molecule has 0 fully saturated rings. The molecule has 1 heterocycles. The fourth-order valence-corrected chi connectivity index (χ4v) is 3.55. The molecule has 0 unspecified atom stereocenters. The normalized spacial score (nSPS) is 11.0. The Labute approximate surface area is 187 Å². The van der Waals surface area contributed by atoms with Crippen LogP contribution in [-0.2, 0) is 19.6 Å². The topological polar surface area (TPSA) is 59.2 Å². The van der Waals surface area contributed by atoms with Gasteiger partial charge >= 0.3 is 0 Å². The minimum Gasteiger partial charge on any atom is -0.493 e. The number of ether oxygens (including phenoxy) is 2. The van der Waals surface area contributed by atoms with Crippen molar-refractivity contribution < 1.29 is 9.47 Å². The third kappa shape index (κ3) is 5.78. The van der Waals surface area contributed by atoms with Crippen molar-refractivity contribution in [3.8, 4) is 11.5 Å². The van der Waals surface area contributed by atoms with Gasteiger partial charge in [0.1, 0.15) is 12.4 Å². The van der Waals surface area contributed by atoms with Crippen LogP contribution in [0.3, 0.4) is 0 Å². The number of hydrogen-bond acceptors (Lipinski definition) is 4. The van der Waals surface area contributed by atoms with Crippen LogP contribution in [0.25, 0.3) is 11.0 Å². The first-order chi connectivity index (χ1) is 15.2. The molecule has 0 spiro atoms. The smallest absolute Gasteiger partial charge is 0.161 e. The van der Waals surface area contributed by atoms with Crippen molar-refractivity contribution in [1.29, 1.82) is 0 Å². The number of para-hydroxylation sites is 2. The second-order valence-electron chi connectivity index (χ2n) is 7.38. The van der Waals surface area contributed by atoms with E-state index in [0.29, 0.717) is 6.61 Å². The largest absolute Gasteiger partial charge is 0.493 e. The van der Waals surface area contributed by atoms with Crippen molar-refractivity contribution in [3.63, 3.8) is 0 Å². The monoisotopic (exact) mass is 435 g/mol. The second kappa shape index (κ2) is 10.3. The minimum atomic E-state index is 0.465. The lowest BCUT2D eigenvalue weighted by Gasteiger charge is -2.13. The van der Waals surface area contributed by atoms with Gasteiger partial charge in [0.2, 0.25) is 0 Å². The summed E-state index contributed by atoms with van der Waals surface area (Å²) in [4.78, 5) is 8.00. The number of imidazole rings is 1. The van der Waals surface area contributed by atoms with E-state index in [2.05, 4.69) is 27.4 Å². The highest BCUT2D eigenvalue weighted by molar-refractivity contribution is 6.30. The first-order valence-electron chi connectivity index (χ1n) is 10.4.